The number of ether oxygens (including phenoxy) is 1. The van der Waals surface area contributed by atoms with Gasteiger partial charge in [0.25, 0.3) is 5.91 Å². The number of anilines is 1. The summed E-state index contributed by atoms with van der Waals surface area (Å²) in [4.78, 5) is 35.3. The van der Waals surface area contributed by atoms with Crippen LogP contribution in [0.2, 0.25) is 5.02 Å². The number of aryl methyl sites for hydroxylation is 1. The van der Waals surface area contributed by atoms with E-state index in [-0.39, 0.29) is 12.5 Å². The van der Waals surface area contributed by atoms with Gasteiger partial charge in [0, 0.05) is 17.3 Å². The van der Waals surface area contributed by atoms with Crippen LogP contribution < -0.4 is 20.8 Å². The lowest BCUT2D eigenvalue weighted by Gasteiger charge is -2.09. The van der Waals surface area contributed by atoms with Gasteiger partial charge in [0.05, 0.1) is 6.21 Å². The summed E-state index contributed by atoms with van der Waals surface area (Å²) in [6.45, 7) is 4.11. The first-order valence-corrected chi connectivity index (χ1v) is 10.2. The summed E-state index contributed by atoms with van der Waals surface area (Å²) in [5.41, 5.74) is 4.29. The van der Waals surface area contributed by atoms with Crippen molar-refractivity contribution in [2.45, 2.75) is 26.7 Å². The molecule has 0 saturated carbocycles. The second kappa shape index (κ2) is 12.3. The lowest BCUT2D eigenvalue weighted by Crippen LogP contribution is -2.38. The number of rotatable bonds is 9. The third-order valence-corrected chi connectivity index (χ3v) is 4.49. The highest BCUT2D eigenvalue weighted by Crippen LogP contribution is 2.20. The number of unbranched alkanes of at least 4 members (excludes halogenated alkanes) is 1. The monoisotopic (exact) mass is 444 g/mol. The first-order valence-electron chi connectivity index (χ1n) is 9.79. The number of hydrogen-bond acceptors (Lipinski definition) is 5. The van der Waals surface area contributed by atoms with E-state index in [0.717, 1.165) is 18.4 Å². The van der Waals surface area contributed by atoms with Crippen LogP contribution in [-0.4, -0.2) is 37.1 Å². The normalized spacial score (nSPS) is 10.5. The molecule has 3 amide bonds. The van der Waals surface area contributed by atoms with Gasteiger partial charge < -0.3 is 15.4 Å². The Morgan fingerprint density at radius 2 is 1.94 bits per heavy atom. The lowest BCUT2D eigenvalue weighted by atomic mass is 10.2. The van der Waals surface area contributed by atoms with Crippen LogP contribution >= 0.6 is 11.6 Å². The van der Waals surface area contributed by atoms with Crippen molar-refractivity contribution < 1.29 is 19.1 Å². The van der Waals surface area contributed by atoms with E-state index in [9.17, 15) is 14.4 Å². The zero-order valence-corrected chi connectivity index (χ0v) is 18.2. The van der Waals surface area contributed by atoms with E-state index in [2.05, 4.69) is 21.2 Å². The van der Waals surface area contributed by atoms with Crippen LogP contribution in [0, 0.1) is 6.92 Å². The fourth-order valence-electron chi connectivity index (χ4n) is 2.38. The molecule has 3 N–H and O–H groups in total. The average Bonchev–Trinajstić information content (AvgIpc) is 2.75. The second-order valence-electron chi connectivity index (χ2n) is 6.68. The maximum absolute atomic E-state index is 12.1. The number of carbonyl (C=O) groups excluding carboxylic acids is 3. The minimum atomic E-state index is -0.840. The van der Waals surface area contributed by atoms with Gasteiger partial charge in [-0.25, -0.2) is 5.43 Å². The molecule has 2 aromatic carbocycles. The summed E-state index contributed by atoms with van der Waals surface area (Å²) in [6, 6.07) is 12.0. The molecule has 2 rings (SSSR count). The molecule has 0 aliphatic rings. The van der Waals surface area contributed by atoms with Gasteiger partial charge in [-0.05, 0) is 48.7 Å². The molecule has 0 aliphatic heterocycles. The Labute approximate surface area is 186 Å². The molecule has 31 heavy (non-hydrogen) atoms. The van der Waals surface area contributed by atoms with Crippen molar-refractivity contribution >= 4 is 41.2 Å². The van der Waals surface area contributed by atoms with E-state index < -0.39 is 11.8 Å². The molecular formula is C22H25ClN4O4. The zero-order valence-electron chi connectivity index (χ0n) is 17.4. The maximum atomic E-state index is 12.1. The van der Waals surface area contributed by atoms with Crippen LogP contribution in [0.25, 0.3) is 0 Å². The summed E-state index contributed by atoms with van der Waals surface area (Å²) in [7, 11) is 0. The van der Waals surface area contributed by atoms with Crippen LogP contribution in [0.1, 0.15) is 30.9 Å². The van der Waals surface area contributed by atoms with Gasteiger partial charge in [-0.2, -0.15) is 5.10 Å². The average molecular weight is 445 g/mol. The number of nitrogens with zero attached hydrogens (tertiary/aromatic N) is 1. The van der Waals surface area contributed by atoms with Crippen molar-refractivity contribution in [2.24, 2.45) is 5.10 Å². The van der Waals surface area contributed by atoms with Gasteiger partial charge in [-0.1, -0.05) is 43.1 Å². The Morgan fingerprint density at radius 3 is 2.68 bits per heavy atom. The molecule has 0 aliphatic carbocycles. The molecule has 0 heterocycles. The first-order chi connectivity index (χ1) is 14.9. The number of halogens is 1. The van der Waals surface area contributed by atoms with E-state index >= 15 is 0 Å². The van der Waals surface area contributed by atoms with Crippen LogP contribution in [0.15, 0.2) is 47.6 Å². The van der Waals surface area contributed by atoms with Gasteiger partial charge in [0.15, 0.2) is 6.61 Å². The van der Waals surface area contributed by atoms with Crippen molar-refractivity contribution in [1.82, 2.24) is 10.7 Å². The summed E-state index contributed by atoms with van der Waals surface area (Å²) < 4.78 is 5.50. The number of benzene rings is 2. The fourth-order valence-corrected chi connectivity index (χ4v) is 2.56. The summed E-state index contributed by atoms with van der Waals surface area (Å²) in [5.74, 6) is -1.46. The van der Waals surface area contributed by atoms with E-state index in [1.807, 2.05) is 19.9 Å². The van der Waals surface area contributed by atoms with Gasteiger partial charge in [0.2, 0.25) is 0 Å². The van der Waals surface area contributed by atoms with E-state index in [1.54, 1.807) is 36.4 Å². The molecular weight excluding hydrogens is 420 g/mol. The standard InChI is InChI=1S/C22H25ClN4O4/c1-3-4-10-24-21(29)22(30)27-25-13-16-6-5-7-18(11-16)31-14-20(28)26-17-9-8-15(2)19(23)12-17/h5-9,11-13H,3-4,10,14H2,1-2H3,(H,24,29)(H,26,28)(H,27,30)/b25-13-. The predicted octanol–water partition coefficient (Wildman–Crippen LogP) is 3.03. The first kappa shape index (κ1) is 23.9. The Balaban J connectivity index is 1.82. The van der Waals surface area contributed by atoms with Crippen LogP contribution in [0.3, 0.4) is 0 Å². The summed E-state index contributed by atoms with van der Waals surface area (Å²) >= 11 is 6.05. The molecule has 0 aromatic heterocycles. The smallest absolute Gasteiger partial charge is 0.329 e. The van der Waals surface area contributed by atoms with Gasteiger partial charge >= 0.3 is 11.8 Å². The number of hydrogen-bond donors (Lipinski definition) is 3. The minimum absolute atomic E-state index is 0.194. The highest BCUT2D eigenvalue weighted by molar-refractivity contribution is 6.35. The van der Waals surface area contributed by atoms with Crippen molar-refractivity contribution in [3.05, 3.63) is 58.6 Å². The molecule has 9 heteroatoms. The van der Waals surface area contributed by atoms with Gasteiger partial charge in [-0.3, -0.25) is 14.4 Å². The molecule has 0 fully saturated rings. The second-order valence-corrected chi connectivity index (χ2v) is 7.09. The highest BCUT2D eigenvalue weighted by atomic mass is 35.5. The van der Waals surface area contributed by atoms with Crippen molar-refractivity contribution in [3.8, 4) is 5.75 Å². The largest absolute Gasteiger partial charge is 0.484 e. The fraction of sp³-hybridized carbons (Fsp3) is 0.273. The maximum Gasteiger partial charge on any atom is 0.329 e. The number of nitrogens with one attached hydrogen (secondary N) is 3. The SMILES string of the molecule is CCCCNC(=O)C(=O)N/N=C\c1cccc(OCC(=O)Nc2ccc(C)c(Cl)c2)c1. The van der Waals surface area contributed by atoms with Gasteiger partial charge in [-0.15, -0.1) is 0 Å². The molecule has 0 atom stereocenters. The molecule has 2 aromatic rings. The number of hydrazone groups is 1. The highest BCUT2D eigenvalue weighted by Gasteiger charge is 2.11. The van der Waals surface area contributed by atoms with Crippen molar-refractivity contribution in [3.63, 3.8) is 0 Å². The van der Waals surface area contributed by atoms with E-state index in [1.165, 1.54) is 6.21 Å². The van der Waals surface area contributed by atoms with Crippen LogP contribution in [0.4, 0.5) is 5.69 Å². The van der Waals surface area contributed by atoms with Crippen LogP contribution in [-0.2, 0) is 14.4 Å². The molecule has 164 valence electrons. The van der Waals surface area contributed by atoms with E-state index in [0.29, 0.717) is 28.6 Å². The molecule has 0 radical (unpaired) electrons. The predicted molar refractivity (Wildman–Crippen MR) is 120 cm³/mol. The Morgan fingerprint density at radius 1 is 1.13 bits per heavy atom. The number of carbonyl (C=O) groups is 3. The summed E-state index contributed by atoms with van der Waals surface area (Å²) in [6.07, 6.45) is 3.09. The Bertz CT molecular complexity index is 962. The zero-order chi connectivity index (χ0) is 22.6. The Kier molecular flexibility index (Phi) is 9.51. The molecule has 0 unspecified atom stereocenters. The quantitative estimate of drug-likeness (QED) is 0.239. The van der Waals surface area contributed by atoms with Crippen LogP contribution in [0.5, 0.6) is 5.75 Å². The Hall–Kier alpha value is -3.39. The van der Waals surface area contributed by atoms with Crippen molar-refractivity contribution in [2.75, 3.05) is 18.5 Å². The molecule has 0 bridgehead atoms. The third-order valence-electron chi connectivity index (χ3n) is 4.09. The topological polar surface area (TPSA) is 109 Å². The summed E-state index contributed by atoms with van der Waals surface area (Å²) in [5, 5.41) is 9.54. The van der Waals surface area contributed by atoms with Gasteiger partial charge in [0.1, 0.15) is 5.75 Å². The molecule has 8 nitrogen and oxygen atoms in total. The van der Waals surface area contributed by atoms with E-state index in [4.69, 9.17) is 16.3 Å². The molecule has 0 saturated heterocycles. The van der Waals surface area contributed by atoms with Crippen molar-refractivity contribution in [1.29, 1.82) is 0 Å². The molecule has 0 spiro atoms. The third kappa shape index (κ3) is 8.47. The lowest BCUT2D eigenvalue weighted by molar-refractivity contribution is -0.139. The number of amides is 3. The minimum Gasteiger partial charge on any atom is -0.484 e.